The lowest BCUT2D eigenvalue weighted by Crippen LogP contribution is -2.19. The average molecular weight is 313 g/mol. The monoisotopic (exact) mass is 312 g/mol. The molecule has 2 unspecified atom stereocenters. The minimum Gasteiger partial charge on any atom is -0.125 e. The highest BCUT2D eigenvalue weighted by Gasteiger charge is 2.30. The van der Waals surface area contributed by atoms with Crippen LogP contribution in [0.4, 0.5) is 0 Å². The topological polar surface area (TPSA) is 0 Å². The Bertz CT molecular complexity index is 384. The van der Waals surface area contributed by atoms with Crippen molar-refractivity contribution in [2.45, 2.75) is 49.3 Å². The number of hydrogen-bond acceptors (Lipinski definition) is 1. The minimum absolute atomic E-state index is 0.422. The van der Waals surface area contributed by atoms with E-state index in [9.17, 15) is 0 Å². The maximum absolute atomic E-state index is 3.69. The summed E-state index contributed by atoms with van der Waals surface area (Å²) in [6.07, 6.45) is 2.54. The Labute approximate surface area is 118 Å². The first-order chi connectivity index (χ1) is 7.98. The average Bonchev–Trinajstić information content (AvgIpc) is 2.59. The van der Waals surface area contributed by atoms with Crippen LogP contribution in [0.5, 0.6) is 0 Å². The molecule has 2 atom stereocenters. The van der Waals surface area contributed by atoms with Gasteiger partial charge in [0.05, 0.1) is 0 Å². The minimum atomic E-state index is 0.422. The molecule has 0 radical (unpaired) electrons. The summed E-state index contributed by atoms with van der Waals surface area (Å²) in [5.74, 6) is 2.01. The van der Waals surface area contributed by atoms with Crippen molar-refractivity contribution in [1.82, 2.24) is 0 Å². The fourth-order valence-electron chi connectivity index (χ4n) is 2.91. The Morgan fingerprint density at radius 3 is 2.82 bits per heavy atom. The van der Waals surface area contributed by atoms with Gasteiger partial charge in [-0.2, -0.15) is 0 Å². The van der Waals surface area contributed by atoms with Crippen molar-refractivity contribution in [1.29, 1.82) is 0 Å². The molecular formula is C15H21BrS. The van der Waals surface area contributed by atoms with Crippen molar-refractivity contribution in [3.8, 4) is 0 Å². The van der Waals surface area contributed by atoms with Gasteiger partial charge in [0.15, 0.2) is 0 Å². The molecule has 1 aliphatic heterocycles. The van der Waals surface area contributed by atoms with E-state index >= 15 is 0 Å². The fourth-order valence-corrected chi connectivity index (χ4v) is 5.04. The fraction of sp³-hybridized carbons (Fsp3) is 0.600. The molecule has 0 fully saturated rings. The number of benzene rings is 1. The van der Waals surface area contributed by atoms with E-state index in [1.807, 2.05) is 11.8 Å². The normalized spacial score (nSPS) is 21.3. The van der Waals surface area contributed by atoms with Crippen LogP contribution in [-0.4, -0.2) is 10.6 Å². The van der Waals surface area contributed by atoms with Gasteiger partial charge in [0, 0.05) is 15.5 Å². The zero-order valence-electron chi connectivity index (χ0n) is 10.9. The van der Waals surface area contributed by atoms with E-state index < -0.39 is 0 Å². The molecule has 0 aromatic heterocycles. The molecule has 17 heavy (non-hydrogen) atoms. The van der Waals surface area contributed by atoms with Crippen molar-refractivity contribution in [3.05, 3.63) is 29.8 Å². The van der Waals surface area contributed by atoms with E-state index in [0.717, 1.165) is 5.92 Å². The van der Waals surface area contributed by atoms with Gasteiger partial charge in [0.2, 0.25) is 0 Å². The van der Waals surface area contributed by atoms with Gasteiger partial charge < -0.3 is 0 Å². The van der Waals surface area contributed by atoms with Crippen LogP contribution in [0.1, 0.15) is 45.1 Å². The molecular weight excluding hydrogens is 292 g/mol. The zero-order chi connectivity index (χ0) is 12.5. The molecule has 0 N–H and O–H groups in total. The number of hydrogen-bond donors (Lipinski definition) is 0. The summed E-state index contributed by atoms with van der Waals surface area (Å²) < 4.78 is 0. The van der Waals surface area contributed by atoms with Crippen LogP contribution in [0.15, 0.2) is 29.2 Å². The lowest BCUT2D eigenvalue weighted by Gasteiger charge is -2.29. The molecule has 0 bridgehead atoms. The number of alkyl halides is 1. The summed E-state index contributed by atoms with van der Waals surface area (Å²) >= 11 is 5.71. The van der Waals surface area contributed by atoms with E-state index in [-0.39, 0.29) is 0 Å². The standard InChI is InChI=1S/C15H21BrS/c1-11(16)8-15(2,3)9-12-10-17-14-7-5-4-6-13(12)14/h4-7,11-12H,8-10H2,1-3H3. The highest BCUT2D eigenvalue weighted by atomic mass is 79.9. The second-order valence-corrected chi connectivity index (χ2v) is 8.52. The maximum atomic E-state index is 3.69. The Morgan fingerprint density at radius 2 is 2.12 bits per heavy atom. The molecule has 0 amide bonds. The van der Waals surface area contributed by atoms with Gasteiger partial charge in [0.25, 0.3) is 0 Å². The largest absolute Gasteiger partial charge is 0.125 e. The van der Waals surface area contributed by atoms with Gasteiger partial charge in [-0.05, 0) is 35.8 Å². The van der Waals surface area contributed by atoms with Crippen LogP contribution in [0, 0.1) is 5.41 Å². The summed E-state index contributed by atoms with van der Waals surface area (Å²) in [6, 6.07) is 8.91. The van der Waals surface area contributed by atoms with Crippen LogP contribution >= 0.6 is 27.7 Å². The van der Waals surface area contributed by atoms with Crippen LogP contribution in [0.25, 0.3) is 0 Å². The van der Waals surface area contributed by atoms with E-state index in [0.29, 0.717) is 10.2 Å². The number of fused-ring (bicyclic) bond motifs is 1. The van der Waals surface area contributed by atoms with E-state index in [1.165, 1.54) is 23.5 Å². The zero-order valence-corrected chi connectivity index (χ0v) is 13.3. The first-order valence-electron chi connectivity index (χ1n) is 6.34. The summed E-state index contributed by atoms with van der Waals surface area (Å²) in [7, 11) is 0. The SMILES string of the molecule is CC(Br)CC(C)(C)CC1CSc2ccccc21. The number of halogens is 1. The Kier molecular flexibility index (Phi) is 4.25. The Morgan fingerprint density at radius 1 is 1.41 bits per heavy atom. The van der Waals surface area contributed by atoms with E-state index in [1.54, 1.807) is 5.56 Å². The lowest BCUT2D eigenvalue weighted by molar-refractivity contribution is 0.290. The smallest absolute Gasteiger partial charge is 0.0122 e. The molecule has 1 heterocycles. The van der Waals surface area contributed by atoms with Crippen LogP contribution in [0.3, 0.4) is 0 Å². The number of thioether (sulfide) groups is 1. The second-order valence-electron chi connectivity index (χ2n) is 5.90. The van der Waals surface area contributed by atoms with Crippen molar-refractivity contribution in [2.24, 2.45) is 5.41 Å². The summed E-state index contributed by atoms with van der Waals surface area (Å²) in [5, 5.41) is 0. The third-order valence-electron chi connectivity index (χ3n) is 3.43. The van der Waals surface area contributed by atoms with Gasteiger partial charge in [-0.3, -0.25) is 0 Å². The summed E-state index contributed by atoms with van der Waals surface area (Å²) in [5.41, 5.74) is 2.00. The van der Waals surface area contributed by atoms with Gasteiger partial charge in [-0.25, -0.2) is 0 Å². The predicted octanol–water partition coefficient (Wildman–Crippen LogP) is 5.47. The molecule has 0 nitrogen and oxygen atoms in total. The van der Waals surface area contributed by atoms with Crippen molar-refractivity contribution in [3.63, 3.8) is 0 Å². The van der Waals surface area contributed by atoms with Gasteiger partial charge >= 0.3 is 0 Å². The highest BCUT2D eigenvalue weighted by Crippen LogP contribution is 2.46. The highest BCUT2D eigenvalue weighted by molar-refractivity contribution is 9.09. The van der Waals surface area contributed by atoms with Gasteiger partial charge in [-0.1, -0.05) is 54.9 Å². The molecule has 2 heteroatoms. The molecule has 94 valence electrons. The maximum Gasteiger partial charge on any atom is 0.0122 e. The Balaban J connectivity index is 2.06. The third kappa shape index (κ3) is 3.51. The van der Waals surface area contributed by atoms with Crippen LogP contribution < -0.4 is 0 Å². The molecule has 0 spiro atoms. The summed E-state index contributed by atoms with van der Waals surface area (Å²) in [4.78, 5) is 2.11. The molecule has 2 rings (SSSR count). The van der Waals surface area contributed by atoms with Crippen molar-refractivity contribution >= 4 is 27.7 Å². The first kappa shape index (κ1) is 13.5. The quantitative estimate of drug-likeness (QED) is 0.665. The Hall–Kier alpha value is 0.0500. The second kappa shape index (κ2) is 5.36. The third-order valence-corrected chi connectivity index (χ3v) is 5.01. The van der Waals surface area contributed by atoms with E-state index in [4.69, 9.17) is 0 Å². The summed E-state index contributed by atoms with van der Waals surface area (Å²) in [6.45, 7) is 7.05. The molecule has 0 saturated carbocycles. The van der Waals surface area contributed by atoms with Gasteiger partial charge in [-0.15, -0.1) is 11.8 Å². The molecule has 1 aliphatic rings. The van der Waals surface area contributed by atoms with Crippen LogP contribution in [-0.2, 0) is 0 Å². The van der Waals surface area contributed by atoms with Gasteiger partial charge in [0.1, 0.15) is 0 Å². The molecule has 0 saturated heterocycles. The molecule has 1 aromatic carbocycles. The number of rotatable bonds is 4. The predicted molar refractivity (Wildman–Crippen MR) is 81.3 cm³/mol. The molecule has 0 aliphatic carbocycles. The van der Waals surface area contributed by atoms with Crippen molar-refractivity contribution in [2.75, 3.05) is 5.75 Å². The first-order valence-corrected chi connectivity index (χ1v) is 8.24. The van der Waals surface area contributed by atoms with Crippen molar-refractivity contribution < 1.29 is 0 Å². The molecule has 1 aromatic rings. The van der Waals surface area contributed by atoms with E-state index in [2.05, 4.69) is 61.0 Å². The van der Waals surface area contributed by atoms with Crippen LogP contribution in [0.2, 0.25) is 0 Å². The lowest BCUT2D eigenvalue weighted by atomic mass is 9.78.